The second-order valence-corrected chi connectivity index (χ2v) is 4.62. The minimum atomic E-state index is 0.643. The van der Waals surface area contributed by atoms with E-state index in [1.807, 2.05) is 12.1 Å². The predicted octanol–water partition coefficient (Wildman–Crippen LogP) is 2.16. The number of hydrogen-bond acceptors (Lipinski definition) is 4. The van der Waals surface area contributed by atoms with E-state index in [4.69, 9.17) is 4.74 Å². The molecule has 4 heteroatoms. The van der Waals surface area contributed by atoms with Crippen molar-refractivity contribution in [2.45, 2.75) is 39.2 Å². The SMILES string of the molecule is CCCNCc1ccc(OCCC2CC2)nn1. The molecule has 1 aromatic heterocycles. The molecule has 0 spiro atoms. The monoisotopic (exact) mass is 235 g/mol. The molecule has 1 heterocycles. The van der Waals surface area contributed by atoms with E-state index in [2.05, 4.69) is 22.4 Å². The smallest absolute Gasteiger partial charge is 0.233 e. The van der Waals surface area contributed by atoms with Gasteiger partial charge in [-0.25, -0.2) is 0 Å². The van der Waals surface area contributed by atoms with Crippen molar-refractivity contribution in [1.82, 2.24) is 15.5 Å². The Morgan fingerprint density at radius 2 is 2.24 bits per heavy atom. The molecular weight excluding hydrogens is 214 g/mol. The van der Waals surface area contributed by atoms with Crippen molar-refractivity contribution in [3.8, 4) is 5.88 Å². The van der Waals surface area contributed by atoms with E-state index in [-0.39, 0.29) is 0 Å². The molecule has 2 rings (SSSR count). The Balaban J connectivity index is 1.68. The lowest BCUT2D eigenvalue weighted by Crippen LogP contribution is -2.15. The Kier molecular flexibility index (Phi) is 4.74. The molecule has 0 saturated heterocycles. The van der Waals surface area contributed by atoms with Crippen LogP contribution in [0.15, 0.2) is 12.1 Å². The summed E-state index contributed by atoms with van der Waals surface area (Å²) >= 11 is 0. The largest absolute Gasteiger partial charge is 0.477 e. The molecule has 0 radical (unpaired) electrons. The number of ether oxygens (including phenoxy) is 1. The van der Waals surface area contributed by atoms with Crippen LogP contribution in [0.4, 0.5) is 0 Å². The fraction of sp³-hybridized carbons (Fsp3) is 0.692. The zero-order chi connectivity index (χ0) is 11.9. The number of hydrogen-bond donors (Lipinski definition) is 1. The highest BCUT2D eigenvalue weighted by Crippen LogP contribution is 2.32. The lowest BCUT2D eigenvalue weighted by atomic mass is 10.3. The summed E-state index contributed by atoms with van der Waals surface area (Å²) in [5, 5.41) is 11.5. The van der Waals surface area contributed by atoms with Gasteiger partial charge in [0.25, 0.3) is 0 Å². The van der Waals surface area contributed by atoms with Crippen LogP contribution in [-0.4, -0.2) is 23.3 Å². The summed E-state index contributed by atoms with van der Waals surface area (Å²) in [5.74, 6) is 1.55. The summed E-state index contributed by atoms with van der Waals surface area (Å²) in [4.78, 5) is 0. The van der Waals surface area contributed by atoms with E-state index in [0.29, 0.717) is 5.88 Å². The third-order valence-corrected chi connectivity index (χ3v) is 2.90. The number of aromatic nitrogens is 2. The van der Waals surface area contributed by atoms with E-state index < -0.39 is 0 Å². The van der Waals surface area contributed by atoms with Crippen LogP contribution >= 0.6 is 0 Å². The lowest BCUT2D eigenvalue weighted by Gasteiger charge is -2.05. The minimum absolute atomic E-state index is 0.643. The first-order valence-electron chi connectivity index (χ1n) is 6.54. The average molecular weight is 235 g/mol. The highest BCUT2D eigenvalue weighted by atomic mass is 16.5. The van der Waals surface area contributed by atoms with Gasteiger partial charge in [-0.1, -0.05) is 19.8 Å². The second-order valence-electron chi connectivity index (χ2n) is 4.62. The van der Waals surface area contributed by atoms with Gasteiger partial charge in [-0.15, -0.1) is 5.10 Å². The Morgan fingerprint density at radius 1 is 1.35 bits per heavy atom. The van der Waals surface area contributed by atoms with Crippen LogP contribution in [-0.2, 0) is 6.54 Å². The highest BCUT2D eigenvalue weighted by molar-refractivity contribution is 5.11. The van der Waals surface area contributed by atoms with Gasteiger partial charge in [-0.3, -0.25) is 0 Å². The van der Waals surface area contributed by atoms with Crippen LogP contribution in [0.25, 0.3) is 0 Å². The summed E-state index contributed by atoms with van der Waals surface area (Å²) < 4.78 is 5.54. The molecule has 17 heavy (non-hydrogen) atoms. The molecule has 0 aromatic carbocycles. The molecule has 0 aliphatic heterocycles. The highest BCUT2D eigenvalue weighted by Gasteiger charge is 2.20. The number of nitrogens with zero attached hydrogens (tertiary/aromatic N) is 2. The van der Waals surface area contributed by atoms with Crippen molar-refractivity contribution in [2.24, 2.45) is 5.92 Å². The van der Waals surface area contributed by atoms with E-state index >= 15 is 0 Å². The van der Waals surface area contributed by atoms with Crippen LogP contribution < -0.4 is 10.1 Å². The molecule has 1 aliphatic rings. The standard InChI is InChI=1S/C13H21N3O/c1-2-8-14-10-12-5-6-13(16-15-12)17-9-7-11-3-4-11/h5-6,11,14H,2-4,7-10H2,1H3. The fourth-order valence-electron chi connectivity index (χ4n) is 1.65. The van der Waals surface area contributed by atoms with E-state index in [0.717, 1.165) is 44.1 Å². The van der Waals surface area contributed by atoms with Crippen molar-refractivity contribution in [3.05, 3.63) is 17.8 Å². The summed E-state index contributed by atoms with van der Waals surface area (Å²) in [5.41, 5.74) is 0.966. The van der Waals surface area contributed by atoms with Crippen LogP contribution in [0.3, 0.4) is 0 Å². The van der Waals surface area contributed by atoms with Gasteiger partial charge in [0.15, 0.2) is 0 Å². The quantitative estimate of drug-likeness (QED) is 0.701. The third-order valence-electron chi connectivity index (χ3n) is 2.90. The van der Waals surface area contributed by atoms with E-state index in [1.54, 1.807) is 0 Å². The first-order chi connectivity index (χ1) is 8.38. The van der Waals surface area contributed by atoms with Crippen LogP contribution in [0.5, 0.6) is 5.88 Å². The average Bonchev–Trinajstić information content (AvgIpc) is 3.16. The van der Waals surface area contributed by atoms with Crippen molar-refractivity contribution in [3.63, 3.8) is 0 Å². The molecule has 0 unspecified atom stereocenters. The first kappa shape index (κ1) is 12.3. The molecular formula is C13H21N3O. The van der Waals surface area contributed by atoms with Gasteiger partial charge in [0.1, 0.15) is 0 Å². The second kappa shape index (κ2) is 6.55. The maximum Gasteiger partial charge on any atom is 0.233 e. The van der Waals surface area contributed by atoms with Gasteiger partial charge >= 0.3 is 0 Å². The summed E-state index contributed by atoms with van der Waals surface area (Å²) in [7, 11) is 0. The van der Waals surface area contributed by atoms with Gasteiger partial charge in [0, 0.05) is 12.6 Å². The Labute approximate surface area is 103 Å². The summed E-state index contributed by atoms with van der Waals surface area (Å²) in [6.07, 6.45) is 5.03. The molecule has 4 nitrogen and oxygen atoms in total. The van der Waals surface area contributed by atoms with Gasteiger partial charge in [-0.05, 0) is 31.4 Å². The molecule has 1 N–H and O–H groups in total. The van der Waals surface area contributed by atoms with Crippen molar-refractivity contribution in [1.29, 1.82) is 0 Å². The maximum absolute atomic E-state index is 5.54. The third kappa shape index (κ3) is 4.69. The van der Waals surface area contributed by atoms with Crippen molar-refractivity contribution in [2.75, 3.05) is 13.2 Å². The summed E-state index contributed by atoms with van der Waals surface area (Å²) in [6, 6.07) is 3.88. The normalized spacial score (nSPS) is 14.9. The predicted molar refractivity (Wildman–Crippen MR) is 66.9 cm³/mol. The molecule has 0 atom stereocenters. The summed E-state index contributed by atoms with van der Waals surface area (Å²) in [6.45, 7) is 4.72. The van der Waals surface area contributed by atoms with Gasteiger partial charge in [0.2, 0.25) is 5.88 Å². The molecule has 1 fully saturated rings. The lowest BCUT2D eigenvalue weighted by molar-refractivity contribution is 0.287. The Hall–Kier alpha value is -1.16. The van der Waals surface area contributed by atoms with Gasteiger partial charge in [0.05, 0.1) is 12.3 Å². The van der Waals surface area contributed by atoms with Gasteiger partial charge < -0.3 is 10.1 Å². The van der Waals surface area contributed by atoms with Crippen LogP contribution in [0, 0.1) is 5.92 Å². The molecule has 94 valence electrons. The zero-order valence-electron chi connectivity index (χ0n) is 10.5. The Bertz CT molecular complexity index is 322. The topological polar surface area (TPSA) is 47.0 Å². The first-order valence-corrected chi connectivity index (χ1v) is 6.54. The molecule has 1 aliphatic carbocycles. The van der Waals surface area contributed by atoms with Gasteiger partial charge in [-0.2, -0.15) is 5.10 Å². The Morgan fingerprint density at radius 3 is 2.88 bits per heavy atom. The van der Waals surface area contributed by atoms with E-state index in [1.165, 1.54) is 12.8 Å². The van der Waals surface area contributed by atoms with Crippen molar-refractivity contribution < 1.29 is 4.74 Å². The minimum Gasteiger partial charge on any atom is -0.477 e. The number of nitrogens with one attached hydrogen (secondary N) is 1. The molecule has 0 bridgehead atoms. The fourth-order valence-corrected chi connectivity index (χ4v) is 1.65. The van der Waals surface area contributed by atoms with Crippen LogP contribution in [0.1, 0.15) is 38.3 Å². The maximum atomic E-state index is 5.54. The molecule has 1 saturated carbocycles. The van der Waals surface area contributed by atoms with Crippen molar-refractivity contribution >= 4 is 0 Å². The zero-order valence-corrected chi connectivity index (χ0v) is 10.5. The van der Waals surface area contributed by atoms with Crippen LogP contribution in [0.2, 0.25) is 0 Å². The molecule has 1 aromatic rings. The number of rotatable bonds is 8. The molecule has 0 amide bonds. The van der Waals surface area contributed by atoms with E-state index in [9.17, 15) is 0 Å².